The second-order valence-corrected chi connectivity index (χ2v) is 5.53. The van der Waals surface area contributed by atoms with Crippen LogP contribution in [0.1, 0.15) is 43.0 Å². The summed E-state index contributed by atoms with van der Waals surface area (Å²) in [6.07, 6.45) is 10.5. The van der Waals surface area contributed by atoms with Crippen molar-refractivity contribution in [3.8, 4) is 0 Å². The SMILES string of the molecule is CCCC(=O)c1ccc(SC2=CCCC=C2)cc1. The first-order chi connectivity index (χ1) is 8.79. The van der Waals surface area contributed by atoms with Crippen LogP contribution in [0.3, 0.4) is 0 Å². The molecular formula is C16H18OS. The standard InChI is InChI=1S/C16H18OS/c1-2-6-16(17)13-9-11-15(12-10-13)18-14-7-4-3-5-8-14/h4,7-12H,2-3,5-6H2,1H3. The van der Waals surface area contributed by atoms with Gasteiger partial charge in [0.1, 0.15) is 0 Å². The highest BCUT2D eigenvalue weighted by Crippen LogP contribution is 2.30. The van der Waals surface area contributed by atoms with Gasteiger partial charge in [0.25, 0.3) is 0 Å². The van der Waals surface area contributed by atoms with Crippen molar-refractivity contribution in [2.45, 2.75) is 37.5 Å². The maximum Gasteiger partial charge on any atom is 0.162 e. The minimum atomic E-state index is 0.242. The molecule has 1 aromatic rings. The third-order valence-corrected chi connectivity index (χ3v) is 3.90. The van der Waals surface area contributed by atoms with E-state index in [4.69, 9.17) is 0 Å². The van der Waals surface area contributed by atoms with Gasteiger partial charge in [-0.2, -0.15) is 0 Å². The van der Waals surface area contributed by atoms with Gasteiger partial charge in [-0.3, -0.25) is 4.79 Å². The van der Waals surface area contributed by atoms with Crippen LogP contribution in [0.25, 0.3) is 0 Å². The van der Waals surface area contributed by atoms with Crippen LogP contribution in [0.2, 0.25) is 0 Å². The Bertz CT molecular complexity index is 468. The molecule has 1 aromatic carbocycles. The summed E-state index contributed by atoms with van der Waals surface area (Å²) in [4.78, 5) is 14.2. The lowest BCUT2D eigenvalue weighted by atomic mass is 10.1. The summed E-state index contributed by atoms with van der Waals surface area (Å²) in [6, 6.07) is 7.95. The molecule has 1 nitrogen and oxygen atoms in total. The quantitative estimate of drug-likeness (QED) is 0.692. The predicted molar refractivity (Wildman–Crippen MR) is 78.0 cm³/mol. The third-order valence-electron chi connectivity index (χ3n) is 2.85. The number of benzene rings is 1. The summed E-state index contributed by atoms with van der Waals surface area (Å²) in [7, 11) is 0. The lowest BCUT2D eigenvalue weighted by molar-refractivity contribution is 0.0981. The molecule has 0 amide bonds. The summed E-state index contributed by atoms with van der Waals surface area (Å²) < 4.78 is 0. The van der Waals surface area contributed by atoms with Gasteiger partial charge in [-0.15, -0.1) is 0 Å². The zero-order valence-corrected chi connectivity index (χ0v) is 11.5. The van der Waals surface area contributed by atoms with E-state index in [9.17, 15) is 4.79 Å². The van der Waals surface area contributed by atoms with Crippen molar-refractivity contribution in [2.24, 2.45) is 0 Å². The molecule has 0 N–H and O–H groups in total. The molecule has 2 rings (SSSR count). The number of hydrogen-bond acceptors (Lipinski definition) is 2. The number of carbonyl (C=O) groups is 1. The second kappa shape index (κ2) is 6.60. The fourth-order valence-corrected chi connectivity index (χ4v) is 2.79. The number of thioether (sulfide) groups is 1. The zero-order valence-electron chi connectivity index (χ0n) is 10.7. The predicted octanol–water partition coefficient (Wildman–Crippen LogP) is 5.00. The van der Waals surface area contributed by atoms with E-state index in [1.54, 1.807) is 11.8 Å². The highest BCUT2D eigenvalue weighted by molar-refractivity contribution is 8.03. The van der Waals surface area contributed by atoms with E-state index in [0.29, 0.717) is 6.42 Å². The van der Waals surface area contributed by atoms with Gasteiger partial charge in [0.2, 0.25) is 0 Å². The number of rotatable bonds is 5. The average Bonchev–Trinajstić information content (AvgIpc) is 2.41. The van der Waals surface area contributed by atoms with E-state index in [-0.39, 0.29) is 5.78 Å². The van der Waals surface area contributed by atoms with Crippen LogP contribution in [0.4, 0.5) is 0 Å². The fourth-order valence-electron chi connectivity index (χ4n) is 1.88. The van der Waals surface area contributed by atoms with Crippen molar-refractivity contribution >= 4 is 17.5 Å². The van der Waals surface area contributed by atoms with E-state index >= 15 is 0 Å². The molecule has 94 valence electrons. The fraction of sp³-hybridized carbons (Fsp3) is 0.312. The van der Waals surface area contributed by atoms with E-state index in [2.05, 4.69) is 18.2 Å². The highest BCUT2D eigenvalue weighted by atomic mass is 32.2. The van der Waals surface area contributed by atoms with E-state index in [0.717, 1.165) is 24.8 Å². The molecule has 0 heterocycles. The van der Waals surface area contributed by atoms with E-state index < -0.39 is 0 Å². The Balaban J connectivity index is 2.01. The summed E-state index contributed by atoms with van der Waals surface area (Å²) in [5.74, 6) is 0.242. The summed E-state index contributed by atoms with van der Waals surface area (Å²) in [5, 5.41) is 0. The van der Waals surface area contributed by atoms with Gasteiger partial charge >= 0.3 is 0 Å². The Kier molecular flexibility index (Phi) is 4.82. The lowest BCUT2D eigenvalue weighted by Gasteiger charge is -2.07. The van der Waals surface area contributed by atoms with Crippen molar-refractivity contribution in [3.63, 3.8) is 0 Å². The molecule has 0 radical (unpaired) electrons. The first-order valence-electron chi connectivity index (χ1n) is 6.47. The number of hydrogen-bond donors (Lipinski definition) is 0. The monoisotopic (exact) mass is 258 g/mol. The van der Waals surface area contributed by atoms with Gasteiger partial charge in [0.15, 0.2) is 5.78 Å². The number of carbonyl (C=O) groups excluding carboxylic acids is 1. The maximum atomic E-state index is 11.7. The molecule has 0 fully saturated rings. The van der Waals surface area contributed by atoms with E-state index in [1.807, 2.05) is 31.2 Å². The van der Waals surface area contributed by atoms with Gasteiger partial charge in [-0.25, -0.2) is 0 Å². The summed E-state index contributed by atoms with van der Waals surface area (Å²) in [6.45, 7) is 2.03. The molecule has 0 bridgehead atoms. The molecule has 18 heavy (non-hydrogen) atoms. The smallest absolute Gasteiger partial charge is 0.162 e. The minimum absolute atomic E-state index is 0.242. The molecule has 1 aliphatic carbocycles. The van der Waals surface area contributed by atoms with Crippen LogP contribution >= 0.6 is 11.8 Å². The Labute approximate surface area is 113 Å². The zero-order chi connectivity index (χ0) is 12.8. The maximum absolute atomic E-state index is 11.7. The summed E-state index contributed by atoms with van der Waals surface area (Å²) in [5.41, 5.74) is 0.828. The second-order valence-electron chi connectivity index (χ2n) is 4.39. The molecule has 0 unspecified atom stereocenters. The molecule has 0 aliphatic heterocycles. The molecule has 0 atom stereocenters. The first kappa shape index (κ1) is 13.2. The third kappa shape index (κ3) is 3.61. The lowest BCUT2D eigenvalue weighted by Crippen LogP contribution is -1.97. The molecule has 0 spiro atoms. The minimum Gasteiger partial charge on any atom is -0.294 e. The topological polar surface area (TPSA) is 17.1 Å². The van der Waals surface area contributed by atoms with Crippen LogP contribution in [0.15, 0.2) is 52.3 Å². The van der Waals surface area contributed by atoms with Gasteiger partial charge in [-0.1, -0.05) is 49.0 Å². The Morgan fingerprint density at radius 2 is 2.00 bits per heavy atom. The van der Waals surface area contributed by atoms with Gasteiger partial charge in [0, 0.05) is 21.8 Å². The van der Waals surface area contributed by atoms with Gasteiger partial charge in [0.05, 0.1) is 0 Å². The van der Waals surface area contributed by atoms with E-state index in [1.165, 1.54) is 9.80 Å². The van der Waals surface area contributed by atoms with Gasteiger partial charge < -0.3 is 0 Å². The van der Waals surface area contributed by atoms with Crippen molar-refractivity contribution in [3.05, 3.63) is 53.0 Å². The molecule has 1 aliphatic rings. The molecule has 0 saturated heterocycles. The highest BCUT2D eigenvalue weighted by Gasteiger charge is 2.05. The molecule has 0 aromatic heterocycles. The number of allylic oxidation sites excluding steroid dienone is 3. The van der Waals surface area contributed by atoms with Gasteiger partial charge in [-0.05, 0) is 31.4 Å². The van der Waals surface area contributed by atoms with Crippen molar-refractivity contribution in [1.82, 2.24) is 0 Å². The van der Waals surface area contributed by atoms with Crippen molar-refractivity contribution in [2.75, 3.05) is 0 Å². The van der Waals surface area contributed by atoms with Crippen molar-refractivity contribution in [1.29, 1.82) is 0 Å². The molecular weight excluding hydrogens is 240 g/mol. The van der Waals surface area contributed by atoms with Crippen LogP contribution < -0.4 is 0 Å². The Morgan fingerprint density at radius 1 is 1.22 bits per heavy atom. The first-order valence-corrected chi connectivity index (χ1v) is 7.29. The number of Topliss-reactive ketones (excluding diaryl/α,β-unsaturated/α-hetero) is 1. The van der Waals surface area contributed by atoms with Crippen LogP contribution in [0.5, 0.6) is 0 Å². The largest absolute Gasteiger partial charge is 0.294 e. The summed E-state index contributed by atoms with van der Waals surface area (Å²) >= 11 is 1.76. The Morgan fingerprint density at radius 3 is 2.61 bits per heavy atom. The van der Waals surface area contributed by atoms with Crippen LogP contribution in [-0.4, -0.2) is 5.78 Å². The molecule has 0 saturated carbocycles. The van der Waals surface area contributed by atoms with Crippen molar-refractivity contribution < 1.29 is 4.79 Å². The average molecular weight is 258 g/mol. The Hall–Kier alpha value is -1.28. The van der Waals surface area contributed by atoms with Crippen LogP contribution in [0, 0.1) is 0 Å². The van der Waals surface area contributed by atoms with Crippen LogP contribution in [-0.2, 0) is 0 Å². The number of ketones is 1. The normalized spacial score (nSPS) is 14.4. The molecule has 2 heteroatoms.